The van der Waals surface area contributed by atoms with Crippen molar-refractivity contribution in [2.75, 3.05) is 32.6 Å². The van der Waals surface area contributed by atoms with Gasteiger partial charge in [-0.1, -0.05) is 6.92 Å². The molecule has 3 rings (SSSR count). The third-order valence-electron chi connectivity index (χ3n) is 4.72. The van der Waals surface area contributed by atoms with E-state index in [9.17, 15) is 4.79 Å². The van der Waals surface area contributed by atoms with Crippen LogP contribution < -0.4 is 15.0 Å². The molecule has 0 saturated carbocycles. The van der Waals surface area contributed by atoms with Crippen LogP contribution in [0.5, 0.6) is 5.75 Å². The predicted octanol–water partition coefficient (Wildman–Crippen LogP) is 1.77. The molecule has 5 nitrogen and oxygen atoms in total. The minimum atomic E-state index is -0.429. The normalized spacial score (nSPS) is 28.2. The SMILES string of the molecule is CNC(=O)Oc1ccc2c(c1)[C@]1(C)CCN(C)[C@H]1N2C. The van der Waals surface area contributed by atoms with Gasteiger partial charge in [0.15, 0.2) is 0 Å². The molecule has 0 unspecified atom stereocenters. The number of rotatable bonds is 1. The van der Waals surface area contributed by atoms with E-state index in [1.54, 1.807) is 7.05 Å². The highest BCUT2D eigenvalue weighted by Gasteiger charge is 2.52. The van der Waals surface area contributed by atoms with Crippen molar-refractivity contribution in [1.82, 2.24) is 10.2 Å². The van der Waals surface area contributed by atoms with E-state index in [2.05, 4.69) is 36.1 Å². The van der Waals surface area contributed by atoms with Crippen LogP contribution in [0.3, 0.4) is 0 Å². The van der Waals surface area contributed by atoms with Gasteiger partial charge < -0.3 is 15.0 Å². The second-order valence-electron chi connectivity index (χ2n) is 5.95. The Morgan fingerprint density at radius 3 is 2.90 bits per heavy atom. The quantitative estimate of drug-likeness (QED) is 0.848. The lowest BCUT2D eigenvalue weighted by atomic mass is 9.81. The zero-order chi connectivity index (χ0) is 14.5. The summed E-state index contributed by atoms with van der Waals surface area (Å²) in [5.41, 5.74) is 2.60. The van der Waals surface area contributed by atoms with Crippen LogP contribution in [0.4, 0.5) is 10.5 Å². The summed E-state index contributed by atoms with van der Waals surface area (Å²) in [7, 11) is 5.86. The number of fused-ring (bicyclic) bond motifs is 3. The number of benzene rings is 1. The molecule has 2 aliphatic rings. The van der Waals surface area contributed by atoms with Crippen molar-refractivity contribution in [2.45, 2.75) is 24.9 Å². The van der Waals surface area contributed by atoms with E-state index in [1.165, 1.54) is 11.3 Å². The van der Waals surface area contributed by atoms with Crippen molar-refractivity contribution in [3.63, 3.8) is 0 Å². The van der Waals surface area contributed by atoms with E-state index in [-0.39, 0.29) is 5.41 Å². The van der Waals surface area contributed by atoms with Crippen LogP contribution in [0, 0.1) is 0 Å². The molecule has 0 aromatic heterocycles. The zero-order valence-electron chi connectivity index (χ0n) is 12.4. The average Bonchev–Trinajstić information content (AvgIpc) is 2.85. The summed E-state index contributed by atoms with van der Waals surface area (Å²) in [6.45, 7) is 3.39. The average molecular weight is 275 g/mol. The Hall–Kier alpha value is -1.75. The number of carbonyl (C=O) groups is 1. The fraction of sp³-hybridized carbons (Fsp3) is 0.533. The van der Waals surface area contributed by atoms with Crippen LogP contribution in [0.25, 0.3) is 0 Å². The molecule has 108 valence electrons. The number of nitrogens with zero attached hydrogens (tertiary/aromatic N) is 2. The first-order valence-electron chi connectivity index (χ1n) is 6.94. The molecule has 2 aliphatic heterocycles. The first kappa shape index (κ1) is 13.2. The lowest BCUT2D eigenvalue weighted by Crippen LogP contribution is -2.45. The number of ether oxygens (including phenoxy) is 1. The Labute approximate surface area is 119 Å². The first-order chi connectivity index (χ1) is 9.47. The predicted molar refractivity (Wildman–Crippen MR) is 78.3 cm³/mol. The van der Waals surface area contributed by atoms with Crippen molar-refractivity contribution in [1.29, 1.82) is 0 Å². The molecule has 5 heteroatoms. The molecule has 1 aromatic carbocycles. The van der Waals surface area contributed by atoms with Gasteiger partial charge in [0.2, 0.25) is 0 Å². The van der Waals surface area contributed by atoms with Crippen molar-refractivity contribution in [3.05, 3.63) is 23.8 Å². The molecular weight excluding hydrogens is 254 g/mol. The van der Waals surface area contributed by atoms with Gasteiger partial charge in [0.25, 0.3) is 0 Å². The Morgan fingerprint density at radius 2 is 2.20 bits per heavy atom. The van der Waals surface area contributed by atoms with Crippen molar-refractivity contribution >= 4 is 11.8 Å². The van der Waals surface area contributed by atoms with Gasteiger partial charge in [-0.2, -0.15) is 0 Å². The van der Waals surface area contributed by atoms with Gasteiger partial charge in [-0.3, -0.25) is 4.90 Å². The van der Waals surface area contributed by atoms with E-state index in [0.717, 1.165) is 13.0 Å². The molecule has 1 fully saturated rings. The van der Waals surface area contributed by atoms with Crippen LogP contribution in [0.2, 0.25) is 0 Å². The minimum Gasteiger partial charge on any atom is -0.410 e. The molecule has 2 atom stereocenters. The first-order valence-corrected chi connectivity index (χ1v) is 6.94. The second-order valence-corrected chi connectivity index (χ2v) is 5.95. The standard InChI is InChI=1S/C15H21N3O2/c1-15-7-8-17(3)13(15)18(4)12-6-5-10(9-11(12)15)20-14(19)16-2/h5-6,9,13H,7-8H2,1-4H3,(H,16,19)/t13-,15-/m0/s1. The maximum atomic E-state index is 11.4. The highest BCUT2D eigenvalue weighted by molar-refractivity contribution is 5.72. The number of likely N-dealkylation sites (tertiary alicyclic amines) is 1. The molecule has 0 spiro atoms. The highest BCUT2D eigenvalue weighted by atomic mass is 16.5. The second kappa shape index (κ2) is 4.38. The van der Waals surface area contributed by atoms with Crippen molar-refractivity contribution in [2.24, 2.45) is 0 Å². The summed E-state index contributed by atoms with van der Waals surface area (Å²) in [6, 6.07) is 5.92. The summed E-state index contributed by atoms with van der Waals surface area (Å²) in [4.78, 5) is 16.1. The molecule has 1 amide bonds. The number of hydrogen-bond donors (Lipinski definition) is 1. The number of nitrogens with one attached hydrogen (secondary N) is 1. The molecule has 2 heterocycles. The van der Waals surface area contributed by atoms with Gasteiger partial charge >= 0.3 is 6.09 Å². The minimum absolute atomic E-state index is 0.0981. The Bertz CT molecular complexity index is 560. The third kappa shape index (κ3) is 1.69. The van der Waals surface area contributed by atoms with Gasteiger partial charge in [0, 0.05) is 31.7 Å². The summed E-state index contributed by atoms with van der Waals surface area (Å²) in [6.07, 6.45) is 1.07. The van der Waals surface area contributed by atoms with Gasteiger partial charge in [0.05, 0.1) is 6.17 Å². The molecule has 1 N–H and O–H groups in total. The number of amides is 1. The lowest BCUT2D eigenvalue weighted by Gasteiger charge is -2.32. The van der Waals surface area contributed by atoms with E-state index >= 15 is 0 Å². The largest absolute Gasteiger partial charge is 0.412 e. The Balaban J connectivity index is 2.00. The van der Waals surface area contributed by atoms with E-state index < -0.39 is 6.09 Å². The van der Waals surface area contributed by atoms with Crippen molar-refractivity contribution < 1.29 is 9.53 Å². The van der Waals surface area contributed by atoms with Gasteiger partial charge in [0.1, 0.15) is 5.75 Å². The number of hydrogen-bond acceptors (Lipinski definition) is 4. The van der Waals surface area contributed by atoms with E-state index in [4.69, 9.17) is 4.74 Å². The van der Waals surface area contributed by atoms with Gasteiger partial charge in [-0.25, -0.2) is 4.79 Å². The zero-order valence-corrected chi connectivity index (χ0v) is 12.4. The summed E-state index contributed by atoms with van der Waals surface area (Å²) in [5, 5.41) is 2.47. The maximum absolute atomic E-state index is 11.4. The molecule has 20 heavy (non-hydrogen) atoms. The summed E-state index contributed by atoms with van der Waals surface area (Å²) in [5.74, 6) is 0.605. The van der Waals surface area contributed by atoms with Crippen LogP contribution >= 0.6 is 0 Å². The Kier molecular flexibility index (Phi) is 2.90. The van der Waals surface area contributed by atoms with Crippen LogP contribution in [0.15, 0.2) is 18.2 Å². The molecule has 1 aromatic rings. The van der Waals surface area contributed by atoms with E-state index in [0.29, 0.717) is 11.9 Å². The molecule has 0 aliphatic carbocycles. The Morgan fingerprint density at radius 1 is 1.45 bits per heavy atom. The van der Waals surface area contributed by atoms with Crippen LogP contribution in [-0.2, 0) is 5.41 Å². The van der Waals surface area contributed by atoms with Gasteiger partial charge in [-0.15, -0.1) is 0 Å². The highest BCUT2D eigenvalue weighted by Crippen LogP contribution is 2.51. The fourth-order valence-electron chi connectivity index (χ4n) is 3.78. The maximum Gasteiger partial charge on any atom is 0.412 e. The third-order valence-corrected chi connectivity index (χ3v) is 4.72. The number of likely N-dealkylation sites (N-methyl/N-ethyl adjacent to an activating group) is 2. The molecule has 0 bridgehead atoms. The van der Waals surface area contributed by atoms with Crippen LogP contribution in [-0.4, -0.2) is 44.8 Å². The van der Waals surface area contributed by atoms with Crippen molar-refractivity contribution in [3.8, 4) is 5.75 Å². The number of anilines is 1. The lowest BCUT2D eigenvalue weighted by molar-refractivity contribution is 0.203. The summed E-state index contributed by atoms with van der Waals surface area (Å²) >= 11 is 0. The smallest absolute Gasteiger partial charge is 0.410 e. The number of carbonyl (C=O) groups excluding carboxylic acids is 1. The summed E-state index contributed by atoms with van der Waals surface area (Å²) < 4.78 is 5.26. The topological polar surface area (TPSA) is 44.8 Å². The van der Waals surface area contributed by atoms with Crippen LogP contribution in [0.1, 0.15) is 18.9 Å². The molecule has 1 saturated heterocycles. The monoisotopic (exact) mass is 275 g/mol. The van der Waals surface area contributed by atoms with Gasteiger partial charge in [-0.05, 0) is 37.2 Å². The fourth-order valence-corrected chi connectivity index (χ4v) is 3.78. The molecular formula is C15H21N3O2. The molecule has 0 radical (unpaired) electrons. The van der Waals surface area contributed by atoms with E-state index in [1.807, 2.05) is 18.2 Å².